The summed E-state index contributed by atoms with van der Waals surface area (Å²) in [6.45, 7) is 7.36. The van der Waals surface area contributed by atoms with Crippen LogP contribution in [0.3, 0.4) is 0 Å². The Bertz CT molecular complexity index is 951. The number of carbonyl (C=O) groups excluding carboxylic acids is 1. The second kappa shape index (κ2) is 10.1. The Morgan fingerprint density at radius 3 is 2.59 bits per heavy atom. The predicted octanol–water partition coefficient (Wildman–Crippen LogP) is 5.95. The molecule has 0 unspecified atom stereocenters. The van der Waals surface area contributed by atoms with Gasteiger partial charge in [0.15, 0.2) is 5.13 Å². The van der Waals surface area contributed by atoms with Gasteiger partial charge in [0.25, 0.3) is 5.91 Å². The third-order valence-corrected chi connectivity index (χ3v) is 5.20. The number of nitrogens with one attached hydrogen (secondary N) is 1. The van der Waals surface area contributed by atoms with Crippen molar-refractivity contribution in [3.63, 3.8) is 0 Å². The van der Waals surface area contributed by atoms with Gasteiger partial charge in [-0.15, -0.1) is 11.3 Å². The number of thiazole rings is 1. The van der Waals surface area contributed by atoms with Gasteiger partial charge < -0.3 is 9.47 Å². The number of amides is 1. The molecular formula is C23H26N2O3S. The molecule has 3 rings (SSSR count). The molecule has 152 valence electrons. The van der Waals surface area contributed by atoms with Crippen LogP contribution < -0.4 is 14.8 Å². The standard InChI is InChI=1S/C23H26N2O3S/c1-4-6-14-28-20-9-7-8-18(15-20)22(26)25-23-24-21(16(3)29-23)17-10-12-19(13-11-17)27-5-2/h7-13,15H,4-6,14H2,1-3H3,(H,24,25,26). The van der Waals surface area contributed by atoms with Gasteiger partial charge in [0.05, 0.1) is 18.9 Å². The highest BCUT2D eigenvalue weighted by molar-refractivity contribution is 7.16. The highest BCUT2D eigenvalue weighted by atomic mass is 32.1. The Hall–Kier alpha value is -2.86. The largest absolute Gasteiger partial charge is 0.494 e. The van der Waals surface area contributed by atoms with Crippen LogP contribution in [0.5, 0.6) is 11.5 Å². The number of ether oxygens (including phenoxy) is 2. The monoisotopic (exact) mass is 410 g/mol. The molecule has 0 atom stereocenters. The first-order valence-corrected chi connectivity index (χ1v) is 10.7. The van der Waals surface area contributed by atoms with Gasteiger partial charge in [-0.2, -0.15) is 0 Å². The van der Waals surface area contributed by atoms with Gasteiger partial charge in [-0.25, -0.2) is 4.98 Å². The van der Waals surface area contributed by atoms with E-state index in [0.717, 1.165) is 34.7 Å². The predicted molar refractivity (Wildman–Crippen MR) is 118 cm³/mol. The zero-order valence-electron chi connectivity index (χ0n) is 17.0. The lowest BCUT2D eigenvalue weighted by molar-refractivity contribution is 0.102. The highest BCUT2D eigenvalue weighted by Crippen LogP contribution is 2.31. The van der Waals surface area contributed by atoms with E-state index >= 15 is 0 Å². The van der Waals surface area contributed by atoms with Crippen LogP contribution >= 0.6 is 11.3 Å². The first-order chi connectivity index (χ1) is 14.1. The number of hydrogen-bond acceptors (Lipinski definition) is 5. The van der Waals surface area contributed by atoms with Crippen molar-refractivity contribution in [2.75, 3.05) is 18.5 Å². The van der Waals surface area contributed by atoms with Crippen LogP contribution in [0.25, 0.3) is 11.3 Å². The fraction of sp³-hybridized carbons (Fsp3) is 0.304. The quantitative estimate of drug-likeness (QED) is 0.443. The maximum atomic E-state index is 12.7. The van der Waals surface area contributed by atoms with Crippen LogP contribution in [0.15, 0.2) is 48.5 Å². The molecule has 1 heterocycles. The summed E-state index contributed by atoms with van der Waals surface area (Å²) in [4.78, 5) is 18.3. The van der Waals surface area contributed by atoms with Gasteiger partial charge >= 0.3 is 0 Å². The van der Waals surface area contributed by atoms with Crippen molar-refractivity contribution >= 4 is 22.4 Å². The molecule has 0 aliphatic rings. The smallest absolute Gasteiger partial charge is 0.257 e. The van der Waals surface area contributed by atoms with E-state index in [0.29, 0.717) is 29.7 Å². The molecular weight excluding hydrogens is 384 g/mol. The minimum atomic E-state index is -0.196. The Morgan fingerprint density at radius 2 is 1.86 bits per heavy atom. The molecule has 6 heteroatoms. The average Bonchev–Trinajstić information content (AvgIpc) is 3.09. The lowest BCUT2D eigenvalue weighted by Crippen LogP contribution is -2.11. The van der Waals surface area contributed by atoms with Crippen LogP contribution in [0.4, 0.5) is 5.13 Å². The molecule has 0 aliphatic heterocycles. The van der Waals surface area contributed by atoms with E-state index < -0.39 is 0 Å². The highest BCUT2D eigenvalue weighted by Gasteiger charge is 2.14. The van der Waals surface area contributed by atoms with Gasteiger partial charge in [0, 0.05) is 16.0 Å². The molecule has 0 fully saturated rings. The fourth-order valence-corrected chi connectivity index (χ4v) is 3.66. The summed E-state index contributed by atoms with van der Waals surface area (Å²) in [5.41, 5.74) is 2.41. The molecule has 1 aromatic heterocycles. The van der Waals surface area contributed by atoms with Crippen LogP contribution in [0, 0.1) is 6.92 Å². The summed E-state index contributed by atoms with van der Waals surface area (Å²) in [7, 11) is 0. The summed E-state index contributed by atoms with van der Waals surface area (Å²) >= 11 is 1.46. The number of nitrogens with zero attached hydrogens (tertiary/aromatic N) is 1. The summed E-state index contributed by atoms with van der Waals surface area (Å²) in [5.74, 6) is 1.34. The maximum Gasteiger partial charge on any atom is 0.257 e. The number of aryl methyl sites for hydroxylation is 1. The third-order valence-electron chi connectivity index (χ3n) is 4.32. The number of benzene rings is 2. The van der Waals surface area contributed by atoms with Crippen LogP contribution in [-0.2, 0) is 0 Å². The van der Waals surface area contributed by atoms with Crippen LogP contribution in [-0.4, -0.2) is 24.1 Å². The van der Waals surface area contributed by atoms with Crippen molar-refractivity contribution < 1.29 is 14.3 Å². The van der Waals surface area contributed by atoms with E-state index in [1.807, 2.05) is 50.2 Å². The molecule has 0 bridgehead atoms. The molecule has 1 amide bonds. The van der Waals surface area contributed by atoms with E-state index in [9.17, 15) is 4.79 Å². The molecule has 0 spiro atoms. The van der Waals surface area contributed by atoms with Crippen molar-refractivity contribution in [1.82, 2.24) is 4.98 Å². The molecule has 29 heavy (non-hydrogen) atoms. The van der Waals surface area contributed by atoms with E-state index in [1.165, 1.54) is 11.3 Å². The van der Waals surface area contributed by atoms with Gasteiger partial charge in [-0.3, -0.25) is 10.1 Å². The van der Waals surface area contributed by atoms with Crippen molar-refractivity contribution in [3.8, 4) is 22.8 Å². The number of carbonyl (C=O) groups is 1. The van der Waals surface area contributed by atoms with Crippen LogP contribution in [0.1, 0.15) is 41.9 Å². The fourth-order valence-electron chi connectivity index (χ4n) is 2.82. The van der Waals surface area contributed by atoms with E-state index in [-0.39, 0.29) is 5.91 Å². The van der Waals surface area contributed by atoms with Crippen molar-refractivity contribution in [3.05, 3.63) is 59.0 Å². The van der Waals surface area contributed by atoms with Gasteiger partial charge in [-0.1, -0.05) is 19.4 Å². The lowest BCUT2D eigenvalue weighted by atomic mass is 10.1. The molecule has 2 aromatic carbocycles. The molecule has 3 aromatic rings. The number of hydrogen-bond donors (Lipinski definition) is 1. The minimum absolute atomic E-state index is 0.196. The second-order valence-electron chi connectivity index (χ2n) is 6.57. The van der Waals surface area contributed by atoms with Crippen molar-refractivity contribution in [2.24, 2.45) is 0 Å². The third kappa shape index (κ3) is 5.57. The van der Waals surface area contributed by atoms with E-state index in [1.54, 1.807) is 12.1 Å². The number of aromatic nitrogens is 1. The number of unbranched alkanes of at least 4 members (excludes halogenated alkanes) is 1. The number of anilines is 1. The molecule has 0 radical (unpaired) electrons. The van der Waals surface area contributed by atoms with Crippen molar-refractivity contribution in [2.45, 2.75) is 33.6 Å². The normalized spacial score (nSPS) is 10.6. The molecule has 0 saturated carbocycles. The summed E-state index contributed by atoms with van der Waals surface area (Å²) in [6, 6.07) is 15.1. The van der Waals surface area contributed by atoms with E-state index in [2.05, 4.69) is 17.2 Å². The van der Waals surface area contributed by atoms with Gasteiger partial charge in [0.2, 0.25) is 0 Å². The Balaban J connectivity index is 1.70. The van der Waals surface area contributed by atoms with Crippen LogP contribution in [0.2, 0.25) is 0 Å². The summed E-state index contributed by atoms with van der Waals surface area (Å²) in [5, 5.41) is 3.48. The zero-order chi connectivity index (χ0) is 20.6. The minimum Gasteiger partial charge on any atom is -0.494 e. The summed E-state index contributed by atoms with van der Waals surface area (Å²) < 4.78 is 11.2. The van der Waals surface area contributed by atoms with Gasteiger partial charge in [-0.05, 0) is 62.7 Å². The molecule has 5 nitrogen and oxygen atoms in total. The van der Waals surface area contributed by atoms with E-state index in [4.69, 9.17) is 9.47 Å². The SMILES string of the molecule is CCCCOc1cccc(C(=O)Nc2nc(-c3ccc(OCC)cc3)c(C)s2)c1. The number of rotatable bonds is 9. The second-order valence-corrected chi connectivity index (χ2v) is 7.77. The van der Waals surface area contributed by atoms with Crippen molar-refractivity contribution in [1.29, 1.82) is 0 Å². The van der Waals surface area contributed by atoms with Gasteiger partial charge in [0.1, 0.15) is 11.5 Å². The summed E-state index contributed by atoms with van der Waals surface area (Å²) in [6.07, 6.45) is 2.06. The first kappa shape index (κ1) is 20.9. The Labute approximate surface area is 175 Å². The molecule has 0 aliphatic carbocycles. The first-order valence-electron chi connectivity index (χ1n) is 9.85. The Morgan fingerprint density at radius 1 is 1.07 bits per heavy atom. The molecule has 1 N–H and O–H groups in total. The molecule has 0 saturated heterocycles. The zero-order valence-corrected chi connectivity index (χ0v) is 17.8. The average molecular weight is 411 g/mol. The lowest BCUT2D eigenvalue weighted by Gasteiger charge is -2.07. The maximum absolute atomic E-state index is 12.7. The topological polar surface area (TPSA) is 60.5 Å². The Kier molecular flexibility index (Phi) is 7.25.